The minimum Gasteiger partial charge on any atom is -0.493 e. The molecular formula is C22H19ClN8O2. The summed E-state index contributed by atoms with van der Waals surface area (Å²) in [5, 5.41) is 28.7. The van der Waals surface area contributed by atoms with Gasteiger partial charge in [0.25, 0.3) is 0 Å². The Kier molecular flexibility index (Phi) is 5.11. The Hall–Kier alpha value is -4.10. The van der Waals surface area contributed by atoms with Crippen LogP contribution in [0.5, 0.6) is 5.88 Å². The molecule has 4 aromatic rings. The highest BCUT2D eigenvalue weighted by atomic mass is 35.5. The Morgan fingerprint density at radius 1 is 1.42 bits per heavy atom. The maximum absolute atomic E-state index is 11.5. The van der Waals surface area contributed by atoms with Crippen LogP contribution in [0.25, 0.3) is 11.7 Å². The zero-order valence-electron chi connectivity index (χ0n) is 17.5. The molecule has 4 N–H and O–H groups in total. The van der Waals surface area contributed by atoms with E-state index in [0.717, 1.165) is 18.4 Å². The van der Waals surface area contributed by atoms with Crippen molar-refractivity contribution < 1.29 is 5.11 Å². The molecule has 1 aliphatic rings. The molecule has 33 heavy (non-hydrogen) atoms. The average molecular weight is 463 g/mol. The van der Waals surface area contributed by atoms with E-state index >= 15 is 0 Å². The smallest absolute Gasteiger partial charge is 0.326 e. The molecule has 1 aliphatic carbocycles. The highest BCUT2D eigenvalue weighted by Gasteiger charge is 2.23. The van der Waals surface area contributed by atoms with Crippen LogP contribution in [0.3, 0.4) is 0 Å². The van der Waals surface area contributed by atoms with Crippen LogP contribution in [0.4, 0.5) is 5.82 Å². The van der Waals surface area contributed by atoms with Crippen LogP contribution < -0.4 is 21.7 Å². The zero-order chi connectivity index (χ0) is 23.1. The van der Waals surface area contributed by atoms with Gasteiger partial charge in [0.05, 0.1) is 18.3 Å². The summed E-state index contributed by atoms with van der Waals surface area (Å²) < 4.78 is 1.51. The number of anilines is 1. The fraction of sp³-hybridized carbons (Fsp3) is 0.227. The zero-order valence-corrected chi connectivity index (χ0v) is 18.3. The molecule has 1 fully saturated rings. The van der Waals surface area contributed by atoms with E-state index < -0.39 is 5.69 Å². The lowest BCUT2D eigenvalue weighted by Gasteiger charge is -2.16. The van der Waals surface area contributed by atoms with Gasteiger partial charge in [0.1, 0.15) is 17.3 Å². The van der Waals surface area contributed by atoms with Crippen molar-refractivity contribution >= 4 is 29.1 Å². The Balaban J connectivity index is 1.70. The summed E-state index contributed by atoms with van der Waals surface area (Å²) in [7, 11) is 0. The van der Waals surface area contributed by atoms with Gasteiger partial charge in [0.15, 0.2) is 17.0 Å². The van der Waals surface area contributed by atoms with Crippen molar-refractivity contribution in [2.75, 3.05) is 5.32 Å². The van der Waals surface area contributed by atoms with Crippen LogP contribution in [0.1, 0.15) is 42.6 Å². The van der Waals surface area contributed by atoms with Gasteiger partial charge < -0.3 is 15.4 Å². The number of rotatable bonds is 5. The summed E-state index contributed by atoms with van der Waals surface area (Å²) in [5.74, 6) is 0.0719. The number of nitrogens with one attached hydrogen (secondary N) is 3. The largest absolute Gasteiger partial charge is 0.493 e. The number of aromatic amines is 2. The third-order valence-corrected chi connectivity index (χ3v) is 5.59. The third kappa shape index (κ3) is 4.06. The SMILES string of the molecule is C[C@@H](Nc1nc2c(=Cc3[nH]c(=O)[nH]c3O)cnn2c(=NC2CC2)c1C#N)c1cccc(Cl)c1. The third-order valence-electron chi connectivity index (χ3n) is 5.35. The van der Waals surface area contributed by atoms with Crippen LogP contribution in [0.15, 0.2) is 40.2 Å². The van der Waals surface area contributed by atoms with E-state index in [2.05, 4.69) is 31.4 Å². The van der Waals surface area contributed by atoms with Gasteiger partial charge >= 0.3 is 5.69 Å². The first kappa shape index (κ1) is 20.8. The molecule has 0 radical (unpaired) electrons. The number of aromatic nitrogens is 5. The monoisotopic (exact) mass is 462 g/mol. The Labute approximate surface area is 191 Å². The quantitative estimate of drug-likeness (QED) is 0.355. The molecule has 0 saturated heterocycles. The minimum atomic E-state index is -0.530. The molecule has 0 bridgehead atoms. The summed E-state index contributed by atoms with van der Waals surface area (Å²) in [6, 6.07) is 9.61. The molecular weight excluding hydrogens is 444 g/mol. The normalized spacial score (nSPS) is 15.7. The maximum atomic E-state index is 11.5. The van der Waals surface area contributed by atoms with Crippen molar-refractivity contribution in [2.45, 2.75) is 31.8 Å². The van der Waals surface area contributed by atoms with E-state index in [1.807, 2.05) is 25.1 Å². The van der Waals surface area contributed by atoms with Crippen molar-refractivity contribution in [3.8, 4) is 11.9 Å². The predicted octanol–water partition coefficient (Wildman–Crippen LogP) is 1.76. The molecule has 11 heteroatoms. The highest BCUT2D eigenvalue weighted by molar-refractivity contribution is 6.30. The van der Waals surface area contributed by atoms with Crippen LogP contribution in [-0.2, 0) is 0 Å². The van der Waals surface area contributed by atoms with Gasteiger partial charge in [-0.05, 0) is 43.5 Å². The van der Waals surface area contributed by atoms with Gasteiger partial charge in [-0.2, -0.15) is 14.9 Å². The molecule has 1 aromatic carbocycles. The van der Waals surface area contributed by atoms with E-state index in [0.29, 0.717) is 27.2 Å². The van der Waals surface area contributed by atoms with Gasteiger partial charge in [-0.3, -0.25) is 9.98 Å². The average Bonchev–Trinajstić information content (AvgIpc) is 3.43. The predicted molar refractivity (Wildman–Crippen MR) is 122 cm³/mol. The lowest BCUT2D eigenvalue weighted by Crippen LogP contribution is -2.25. The van der Waals surface area contributed by atoms with Crippen LogP contribution in [-0.4, -0.2) is 35.7 Å². The molecule has 3 aromatic heterocycles. The molecule has 0 spiro atoms. The molecule has 10 nitrogen and oxygen atoms in total. The van der Waals surface area contributed by atoms with Crippen molar-refractivity contribution in [3.63, 3.8) is 0 Å². The van der Waals surface area contributed by atoms with Crippen molar-refractivity contribution in [1.29, 1.82) is 5.26 Å². The molecule has 166 valence electrons. The number of halogens is 1. The summed E-state index contributed by atoms with van der Waals surface area (Å²) in [6.45, 7) is 1.95. The summed E-state index contributed by atoms with van der Waals surface area (Å²) in [4.78, 5) is 25.7. The number of nitriles is 1. The lowest BCUT2D eigenvalue weighted by atomic mass is 10.1. The molecule has 1 saturated carbocycles. The number of fused-ring (bicyclic) bond motifs is 1. The van der Waals surface area contributed by atoms with Crippen LogP contribution in [0.2, 0.25) is 5.02 Å². The molecule has 0 aliphatic heterocycles. The summed E-state index contributed by atoms with van der Waals surface area (Å²) in [5.41, 5.74) is 1.73. The number of nitrogens with zero attached hydrogens (tertiary/aromatic N) is 5. The van der Waals surface area contributed by atoms with Crippen LogP contribution in [0, 0.1) is 11.3 Å². The summed E-state index contributed by atoms with van der Waals surface area (Å²) >= 11 is 6.14. The van der Waals surface area contributed by atoms with Gasteiger partial charge in [-0.1, -0.05) is 23.7 Å². The Morgan fingerprint density at radius 3 is 2.91 bits per heavy atom. The first-order chi connectivity index (χ1) is 15.9. The fourth-order valence-corrected chi connectivity index (χ4v) is 3.71. The number of H-pyrrole nitrogens is 2. The first-order valence-electron chi connectivity index (χ1n) is 10.3. The lowest BCUT2D eigenvalue weighted by molar-refractivity contribution is 0.454. The second-order valence-electron chi connectivity index (χ2n) is 7.87. The molecule has 0 amide bonds. The first-order valence-corrected chi connectivity index (χ1v) is 10.7. The Bertz CT molecular complexity index is 1590. The van der Waals surface area contributed by atoms with Gasteiger partial charge in [-0.15, -0.1) is 0 Å². The van der Waals surface area contributed by atoms with Crippen molar-refractivity contribution in [1.82, 2.24) is 24.6 Å². The molecule has 5 rings (SSSR count). The number of benzene rings is 1. The number of imidazole rings is 1. The number of hydrogen-bond donors (Lipinski definition) is 4. The van der Waals surface area contributed by atoms with E-state index in [1.54, 1.807) is 18.3 Å². The molecule has 1 atom stereocenters. The van der Waals surface area contributed by atoms with Gasteiger partial charge in [0, 0.05) is 10.2 Å². The van der Waals surface area contributed by atoms with Gasteiger partial charge in [0.2, 0.25) is 5.88 Å². The number of hydrogen-bond acceptors (Lipinski definition) is 7. The minimum absolute atomic E-state index is 0.141. The van der Waals surface area contributed by atoms with Crippen molar-refractivity contribution in [2.24, 2.45) is 4.99 Å². The van der Waals surface area contributed by atoms with E-state index in [-0.39, 0.29) is 29.2 Å². The van der Waals surface area contributed by atoms with Crippen molar-refractivity contribution in [3.05, 3.63) is 73.5 Å². The second kappa shape index (κ2) is 8.11. The standard InChI is InChI=1S/C22H19ClN8O2/c1-11(12-3-2-4-14(23)7-12)26-18-16(9-24)20(27-15-5-6-15)31-19(29-18)13(10-25-31)8-17-21(32)30-22(33)28-17/h2-4,7-8,10-11,15,26,32H,5-6H2,1H3,(H2,28,30,33)/t11-/m1/s1. The van der Waals surface area contributed by atoms with Crippen LogP contribution >= 0.6 is 11.6 Å². The maximum Gasteiger partial charge on any atom is 0.326 e. The molecule has 3 heterocycles. The van der Waals surface area contributed by atoms with E-state index in [4.69, 9.17) is 16.6 Å². The van der Waals surface area contributed by atoms with E-state index in [1.165, 1.54) is 4.52 Å². The fourth-order valence-electron chi connectivity index (χ4n) is 3.51. The summed E-state index contributed by atoms with van der Waals surface area (Å²) in [6.07, 6.45) is 5.01. The topological polar surface area (TPSA) is 147 Å². The molecule has 0 unspecified atom stereocenters. The highest BCUT2D eigenvalue weighted by Crippen LogP contribution is 2.24. The number of aromatic hydroxyl groups is 1. The van der Waals surface area contributed by atoms with Gasteiger partial charge in [-0.25, -0.2) is 9.78 Å². The van der Waals surface area contributed by atoms with E-state index in [9.17, 15) is 15.2 Å². The second-order valence-corrected chi connectivity index (χ2v) is 8.31. The Morgan fingerprint density at radius 2 is 2.24 bits per heavy atom.